The molecule has 0 bridgehead atoms. The first-order chi connectivity index (χ1) is 32.8. The van der Waals surface area contributed by atoms with Gasteiger partial charge in [0, 0.05) is 15.7 Å². The van der Waals surface area contributed by atoms with E-state index in [4.69, 9.17) is 0 Å². The molecule has 270 valence electrons. The summed E-state index contributed by atoms with van der Waals surface area (Å²) in [5, 5.41) is 87.8. The van der Waals surface area contributed by atoms with Gasteiger partial charge in [-0.25, -0.2) is 0 Å². The van der Waals surface area contributed by atoms with E-state index in [-0.39, 0.29) is 5.91 Å². The highest BCUT2D eigenvalue weighted by molar-refractivity contribution is 6.82. The molecule has 4 heteroatoms. The third-order valence-corrected chi connectivity index (χ3v) is 24.6. The highest BCUT2D eigenvalue weighted by Crippen LogP contribution is 2.92. The van der Waals surface area contributed by atoms with Crippen LogP contribution in [0.5, 0.6) is 0 Å². The van der Waals surface area contributed by atoms with Gasteiger partial charge in [0.25, 0.3) is 0 Å². The normalized spacial score (nSPS) is 23.8. The number of rotatable bonds is 1. The van der Waals surface area contributed by atoms with Crippen molar-refractivity contribution < 1.29 is 4.79 Å². The Morgan fingerprint density at radius 1 is 0.258 bits per heavy atom. The average molecular weight is 804 g/mol. The molecule has 0 atom stereocenters. The lowest BCUT2D eigenvalue weighted by molar-refractivity contribution is -0.119. The van der Waals surface area contributed by atoms with E-state index in [9.17, 15) is 5.53 Å². The number of azide groups is 1. The minimum Gasteiger partial charge on any atom is -0.292 e. The van der Waals surface area contributed by atoms with Crippen LogP contribution >= 0.6 is 0 Å². The Hall–Kier alpha value is -8.56. The van der Waals surface area contributed by atoms with E-state index in [0.29, 0.717) is 0 Å². The number of carbonyl (C=O) groups excluding carboxylic acids is 1. The number of hydrogen-bond donors (Lipinski definition) is 0. The van der Waals surface area contributed by atoms with E-state index in [2.05, 4.69) is 10.0 Å². The smallest absolute Gasteiger partial charge is 0.224 e. The maximum absolute atomic E-state index is 15.7. The summed E-state index contributed by atoms with van der Waals surface area (Å²) in [6.45, 7) is 0. The summed E-state index contributed by atoms with van der Waals surface area (Å²) in [7, 11) is 0. The fourth-order valence-corrected chi connectivity index (χ4v) is 24.9. The van der Waals surface area contributed by atoms with Crippen LogP contribution in [0.3, 0.4) is 0 Å². The van der Waals surface area contributed by atoms with E-state index in [1.165, 1.54) is 108 Å². The molecule has 0 aliphatic heterocycles. The Morgan fingerprint density at radius 2 is 0.379 bits per heavy atom. The van der Waals surface area contributed by atoms with Gasteiger partial charge in [-0.15, -0.1) is 0 Å². The second kappa shape index (κ2) is 5.04. The van der Waals surface area contributed by atoms with Crippen LogP contribution < -0.4 is 0 Å². The minimum absolute atomic E-state index is 0.243. The van der Waals surface area contributed by atoms with Crippen molar-refractivity contribution in [2.75, 3.05) is 0 Å². The Balaban J connectivity index is 1.25. The van der Waals surface area contributed by atoms with Gasteiger partial charge in [0.05, 0.1) is 5.92 Å². The van der Waals surface area contributed by atoms with Gasteiger partial charge in [-0.2, -0.15) is 0 Å². The van der Waals surface area contributed by atoms with Crippen molar-refractivity contribution in [1.82, 2.24) is 0 Å². The number of carbonyl (C=O) groups is 1. The lowest BCUT2D eigenvalue weighted by Gasteiger charge is -2.32. The van der Waals surface area contributed by atoms with E-state index in [1.807, 2.05) is 0 Å². The second-order valence-corrected chi connectivity index (χ2v) is 24.3. The van der Waals surface area contributed by atoms with Crippen LogP contribution in [0.2, 0.25) is 0 Å². The zero-order valence-corrected chi connectivity index (χ0v) is 32.8. The molecule has 28 aromatic rings. The molecule has 1 amide bonds. The molecular weight excluding hydrogens is 803 g/mol. The van der Waals surface area contributed by atoms with Gasteiger partial charge in [-0.1, -0.05) is 0 Å². The molecule has 4 nitrogen and oxygen atoms in total. The predicted octanol–water partition coefficient (Wildman–Crippen LogP) is 16.8. The van der Waals surface area contributed by atoms with E-state index in [0.717, 1.165) is 0 Å². The standard InChI is InChI=1S/C62HN3O/c63-65-64-60(66)59-61-55-47-39-29-19-11-3-1-2-5-9-7(3)15-23-17(9)27-21-13(5)14-6(2)10-8-4(1)12(11)20-26-16(8)24-18(10)28-22(14)32-31(21)41-35(27)45-37(23)43(33(39)25(15)19)51(55)53(45)57-49(41)50-42(32)36(28)46-38(24)44-34(26)40(30(20)29)48(47)56(61)52(44)54(46)58(50)62(57,59)61/h59H. The summed E-state index contributed by atoms with van der Waals surface area (Å²) in [5.74, 6) is -0.720. The van der Waals surface area contributed by atoms with Crippen LogP contribution in [0, 0.1) is 5.92 Å². The van der Waals surface area contributed by atoms with Gasteiger partial charge in [-0.3, -0.25) is 4.79 Å². The first-order valence-corrected chi connectivity index (χ1v) is 24.2. The fourth-order valence-electron chi connectivity index (χ4n) is 24.9. The SMILES string of the molecule is [N-]=[N+]=NC(=O)C1C23c4c5c6c7c8c9c(c%10c%11c2c2c4c4c%12c5c5c6c6c8c8c%13c9c9c%10c%10c%11c%11c2c2c4c4c%12c%12c5c5c6c8c6c8c%13c9c9c%10c%10c%11c2c2c4c4c%12c5c6c5c8c9c%10c2c45)C713. The first kappa shape index (κ1) is 23.4. The highest BCUT2D eigenvalue weighted by atomic mass is 16.2. The number of nitrogens with zero attached hydrogens (tertiary/aromatic N) is 3. The molecule has 5 aliphatic carbocycles. The molecule has 0 saturated heterocycles. The zero-order chi connectivity index (χ0) is 39.1. The van der Waals surface area contributed by atoms with Crippen molar-refractivity contribution in [1.29, 1.82) is 0 Å². The maximum atomic E-state index is 15.7. The first-order valence-electron chi connectivity index (χ1n) is 24.2. The van der Waals surface area contributed by atoms with Crippen LogP contribution in [0.15, 0.2) is 5.11 Å². The molecule has 1 fully saturated rings. The van der Waals surface area contributed by atoms with Crippen LogP contribution in [0.4, 0.5) is 0 Å². The summed E-state index contributed by atoms with van der Waals surface area (Å²) >= 11 is 0. The molecule has 66 heavy (non-hydrogen) atoms. The second-order valence-electron chi connectivity index (χ2n) is 24.3. The van der Waals surface area contributed by atoms with Gasteiger partial charge < -0.3 is 0 Å². The van der Waals surface area contributed by atoms with Crippen LogP contribution in [0.1, 0.15) is 22.3 Å². The van der Waals surface area contributed by atoms with Gasteiger partial charge in [0.15, 0.2) is 0 Å². The molecule has 28 aromatic carbocycles. The molecule has 0 aromatic heterocycles. The summed E-state index contributed by atoms with van der Waals surface area (Å²) in [6, 6.07) is 0. The van der Waals surface area contributed by atoms with Crippen molar-refractivity contribution >= 4 is 297 Å². The van der Waals surface area contributed by atoms with E-state index >= 15 is 4.79 Å². The lowest BCUT2D eigenvalue weighted by Crippen LogP contribution is -2.27. The monoisotopic (exact) mass is 803 g/mol. The molecule has 0 radical (unpaired) electrons. The number of benzene rings is 18. The average Bonchev–Trinajstić information content (AvgIpc) is 4.19. The Kier molecular flexibility index (Phi) is 1.79. The molecule has 5 aliphatic rings. The van der Waals surface area contributed by atoms with Crippen molar-refractivity contribution in [3.63, 3.8) is 0 Å². The van der Waals surface area contributed by atoms with E-state index < -0.39 is 16.7 Å². The van der Waals surface area contributed by atoms with Crippen LogP contribution in [-0.2, 0) is 15.6 Å². The summed E-state index contributed by atoms with van der Waals surface area (Å²) in [6.07, 6.45) is 0. The molecular formula is C62HN3O. The Labute approximate surface area is 354 Å². The van der Waals surface area contributed by atoms with Crippen molar-refractivity contribution in [3.8, 4) is 0 Å². The van der Waals surface area contributed by atoms with Gasteiger partial charge >= 0.3 is 0 Å². The predicted molar refractivity (Wildman–Crippen MR) is 272 cm³/mol. The van der Waals surface area contributed by atoms with E-state index in [1.54, 1.807) is 205 Å². The Morgan fingerprint density at radius 3 is 0.500 bits per heavy atom. The maximum Gasteiger partial charge on any atom is 0.224 e. The third-order valence-electron chi connectivity index (χ3n) is 24.6. The quantitative estimate of drug-likeness (QED) is 0.0705. The van der Waals surface area contributed by atoms with Crippen LogP contribution in [0.25, 0.3) is 301 Å². The zero-order valence-electron chi connectivity index (χ0n) is 32.8. The molecule has 0 unspecified atom stereocenters. The van der Waals surface area contributed by atoms with Gasteiger partial charge in [0.2, 0.25) is 5.91 Å². The summed E-state index contributed by atoms with van der Waals surface area (Å²) < 4.78 is 0. The van der Waals surface area contributed by atoms with Gasteiger partial charge in [-0.05, 0) is 324 Å². The van der Waals surface area contributed by atoms with Crippen LogP contribution in [-0.4, -0.2) is 5.91 Å². The summed E-state index contributed by atoms with van der Waals surface area (Å²) in [4.78, 5) is 19.1. The third kappa shape index (κ3) is 1.13. The number of hydrogen-bond acceptors (Lipinski definition) is 1. The molecule has 2 spiro atoms. The minimum atomic E-state index is -0.621. The van der Waals surface area contributed by atoms with Gasteiger partial charge in [0.1, 0.15) is 0 Å². The van der Waals surface area contributed by atoms with Crippen molar-refractivity contribution in [2.24, 2.45) is 11.0 Å². The molecule has 0 heterocycles. The fraction of sp³-hybridized carbons (Fsp3) is 0.0484. The Bertz CT molecular complexity index is 6630. The molecule has 33 rings (SSSR count). The van der Waals surface area contributed by atoms with Crippen molar-refractivity contribution in [3.05, 3.63) is 32.7 Å². The lowest BCUT2D eigenvalue weighted by atomic mass is 9.68. The topological polar surface area (TPSA) is 65.8 Å². The highest BCUT2D eigenvalue weighted by Gasteiger charge is 2.88. The molecule has 0 N–H and O–H groups in total. The number of amides is 1. The largest absolute Gasteiger partial charge is 0.292 e. The summed E-state index contributed by atoms with van der Waals surface area (Å²) in [5.41, 5.74) is 15.0. The molecule has 1 saturated carbocycles. The van der Waals surface area contributed by atoms with Crippen molar-refractivity contribution in [2.45, 2.75) is 10.8 Å².